The maximum atomic E-state index is 15.1. The van der Waals surface area contributed by atoms with Crippen LogP contribution in [-0.4, -0.2) is 172 Å². The van der Waals surface area contributed by atoms with Crippen LogP contribution >= 0.6 is 11.8 Å². The molecule has 88 heavy (non-hydrogen) atoms. The van der Waals surface area contributed by atoms with Crippen LogP contribution in [0.4, 0.5) is 0 Å². The molecule has 3 aromatic carbocycles. The number of thioether (sulfide) groups is 1. The summed E-state index contributed by atoms with van der Waals surface area (Å²) in [5.74, 6) is -12.5. The number of benzene rings is 3. The maximum absolute atomic E-state index is 15.1. The van der Waals surface area contributed by atoms with Crippen molar-refractivity contribution in [3.05, 3.63) is 102 Å². The Morgan fingerprint density at radius 2 is 0.977 bits per heavy atom. The molecule has 2 fully saturated rings. The highest BCUT2D eigenvalue weighted by Crippen LogP contribution is 2.22. The summed E-state index contributed by atoms with van der Waals surface area (Å²) in [6, 6.07) is 7.92. The van der Waals surface area contributed by atoms with Gasteiger partial charge < -0.3 is 74.4 Å². The van der Waals surface area contributed by atoms with Gasteiger partial charge in [0.05, 0.1) is 12.8 Å². The molecule has 2 saturated heterocycles. The number of fused-ring (bicyclic) bond motifs is 1. The number of phenolic OH excluding ortho intramolecular Hbond substituents is 1. The number of hydrogen-bond acceptors (Lipinski definition) is 15. The van der Waals surface area contributed by atoms with Crippen LogP contribution in [0.15, 0.2) is 84.9 Å². The number of carboxylic acids is 1. The van der Waals surface area contributed by atoms with E-state index < -0.39 is 150 Å². The van der Waals surface area contributed by atoms with Gasteiger partial charge in [-0.05, 0) is 97.7 Å². The normalized spacial score (nSPS) is 24.5. The van der Waals surface area contributed by atoms with E-state index in [0.717, 1.165) is 0 Å². The number of nitrogens with zero attached hydrogens (tertiary/aromatic N) is 1. The van der Waals surface area contributed by atoms with Crippen LogP contribution in [0.3, 0.4) is 0 Å². The number of nitrogens with one attached hydrogen (secondary N) is 9. The number of phenols is 1. The zero-order valence-corrected chi connectivity index (χ0v) is 51.0. The number of carbonyl (C=O) groups is 12. The zero-order valence-electron chi connectivity index (χ0n) is 50.2. The number of primary amides is 1. The van der Waals surface area contributed by atoms with E-state index in [2.05, 4.69) is 47.9 Å². The topological polar surface area (TPSA) is 409 Å². The molecule has 2 aliphatic heterocycles. The van der Waals surface area contributed by atoms with Crippen molar-refractivity contribution < 1.29 is 67.7 Å². The van der Waals surface area contributed by atoms with E-state index in [9.17, 15) is 63.0 Å². The van der Waals surface area contributed by atoms with Gasteiger partial charge in [-0.3, -0.25) is 57.5 Å². The second-order valence-electron chi connectivity index (χ2n) is 22.8. The second kappa shape index (κ2) is 34.7. The predicted octanol–water partition coefficient (Wildman–Crippen LogP) is -0.668. The molecule has 26 nitrogen and oxygen atoms in total. The van der Waals surface area contributed by atoms with Gasteiger partial charge in [-0.1, -0.05) is 100 Å². The van der Waals surface area contributed by atoms with Crippen molar-refractivity contribution in [2.45, 2.75) is 159 Å². The molecule has 3 aromatic rings. The molecule has 478 valence electrons. The molecule has 0 unspecified atom stereocenters. The Morgan fingerprint density at radius 1 is 0.545 bits per heavy atom. The third kappa shape index (κ3) is 22.0. The van der Waals surface area contributed by atoms with Gasteiger partial charge in [-0.15, -0.1) is 0 Å². The Hall–Kier alpha value is -8.59. The molecule has 0 saturated carbocycles. The number of nitrogens with two attached hydrogens (primary N) is 2. The molecule has 0 aliphatic carbocycles. The van der Waals surface area contributed by atoms with Crippen LogP contribution < -0.4 is 59.3 Å². The van der Waals surface area contributed by atoms with Gasteiger partial charge in [0, 0.05) is 25.8 Å². The summed E-state index contributed by atoms with van der Waals surface area (Å²) in [5, 5.41) is 43.8. The van der Waals surface area contributed by atoms with Crippen LogP contribution in [0.25, 0.3) is 0 Å². The number of carbonyl (C=O) groups excluding carboxylic acids is 11. The SMILES string of the molecule is CSCC[C@@H]1NC(=O)[C@H](CC(=O)O)NC(=O)[C@H](CC(N)=O)NC(=O)[C@H](Cc2ccccc2)NC(=O)[C@H](Cc2ccccc2)NC(=O)[C@@H]2CCCN2C(=O)[C@H](Cc2ccc(O)cc2)NC(=O)[C@H](CC(C)C)NC(=O)[C@H](CCCN)NC(=O)[C@H](C(C)C)NC1=O. The van der Waals surface area contributed by atoms with E-state index in [1.54, 1.807) is 107 Å². The van der Waals surface area contributed by atoms with Crippen molar-refractivity contribution in [2.24, 2.45) is 23.3 Å². The molecule has 10 atom stereocenters. The van der Waals surface area contributed by atoms with Crippen molar-refractivity contribution >= 4 is 82.7 Å². The molecule has 5 rings (SSSR count). The average Bonchev–Trinajstić information content (AvgIpc) is 3.90. The fourth-order valence-corrected chi connectivity index (χ4v) is 10.7. The minimum atomic E-state index is -1.95. The molecular formula is C61H84N12O14S. The number of rotatable bonds is 19. The number of aliphatic carboxylic acids is 1. The number of carboxylic acid groups (broad SMARTS) is 1. The summed E-state index contributed by atoms with van der Waals surface area (Å²) in [6.07, 6.45) is -0.165. The van der Waals surface area contributed by atoms with E-state index in [4.69, 9.17) is 11.5 Å². The molecule has 27 heteroatoms. The quantitative estimate of drug-likeness (QED) is 0.0708. The van der Waals surface area contributed by atoms with E-state index in [1.165, 1.54) is 28.8 Å². The molecule has 0 spiro atoms. The monoisotopic (exact) mass is 1240 g/mol. The van der Waals surface area contributed by atoms with Crippen molar-refractivity contribution in [1.82, 2.24) is 52.8 Å². The molecule has 2 heterocycles. The highest BCUT2D eigenvalue weighted by atomic mass is 32.2. The van der Waals surface area contributed by atoms with Crippen LogP contribution in [0.1, 0.15) is 95.8 Å². The van der Waals surface area contributed by atoms with Crippen molar-refractivity contribution in [2.75, 3.05) is 25.1 Å². The molecule has 11 amide bonds. The summed E-state index contributed by atoms with van der Waals surface area (Å²) >= 11 is 1.29. The maximum Gasteiger partial charge on any atom is 0.305 e. The third-order valence-electron chi connectivity index (χ3n) is 14.9. The Labute approximate surface area is 515 Å². The molecule has 0 radical (unpaired) electrons. The first kappa shape index (κ1) is 70.2. The van der Waals surface area contributed by atoms with E-state index in [-0.39, 0.29) is 81.9 Å². The lowest BCUT2D eigenvalue weighted by Crippen LogP contribution is -2.62. The molecule has 15 N–H and O–H groups in total. The van der Waals surface area contributed by atoms with Crippen LogP contribution in [-0.2, 0) is 76.8 Å². The lowest BCUT2D eigenvalue weighted by Gasteiger charge is -2.32. The smallest absolute Gasteiger partial charge is 0.305 e. The van der Waals surface area contributed by atoms with Gasteiger partial charge in [0.1, 0.15) is 66.2 Å². The molecular weight excluding hydrogens is 1160 g/mol. The van der Waals surface area contributed by atoms with Crippen LogP contribution in [0.5, 0.6) is 5.75 Å². The Bertz CT molecular complexity index is 2920. The summed E-state index contributed by atoms with van der Waals surface area (Å²) in [4.78, 5) is 172. The van der Waals surface area contributed by atoms with Gasteiger partial charge in [-0.2, -0.15) is 11.8 Å². The molecule has 0 bridgehead atoms. The third-order valence-corrected chi connectivity index (χ3v) is 15.5. The van der Waals surface area contributed by atoms with Gasteiger partial charge in [-0.25, -0.2) is 0 Å². The first-order valence-corrected chi connectivity index (χ1v) is 30.9. The molecule has 0 aromatic heterocycles. The Balaban J connectivity index is 1.64. The standard InChI is InChI=1S/C61H84N12O14S/c1-34(2)28-42-54(80)71-47(31-38-20-22-39(74)23-21-38)61(87)73-26-13-19-48(73)59(85)70-44(30-37-16-10-7-11-17-37)56(82)67-43(29-36-14-8-6-9-15-36)55(81)68-45(32-49(63)75)57(83)69-46(33-50(76)77)58(84)64-41(24-27-88-5)53(79)72-51(35(3)4)60(86)65-40(18-12-25-62)52(78)66-42/h6-11,14-17,20-23,34-35,40-48,51,74H,12-13,18-19,24-33,62H2,1-5H3,(H2,63,75)(H,64,84)(H,65,86)(H,66,78)(H,67,82)(H,68,81)(H,69,83)(H,70,85)(H,71,80)(H,72,79)(H,76,77)/t40-,41-,42-,43-,44-,45-,46-,47-,48-,51-/m0/s1. The summed E-state index contributed by atoms with van der Waals surface area (Å²) in [5.41, 5.74) is 13.1. The summed E-state index contributed by atoms with van der Waals surface area (Å²) in [7, 11) is 0. The van der Waals surface area contributed by atoms with Gasteiger partial charge in [0.15, 0.2) is 0 Å². The first-order valence-electron chi connectivity index (χ1n) is 29.5. The van der Waals surface area contributed by atoms with E-state index >= 15 is 4.79 Å². The lowest BCUT2D eigenvalue weighted by molar-refractivity contribution is -0.142. The van der Waals surface area contributed by atoms with E-state index in [0.29, 0.717) is 23.1 Å². The predicted molar refractivity (Wildman–Crippen MR) is 326 cm³/mol. The highest BCUT2D eigenvalue weighted by Gasteiger charge is 2.42. The van der Waals surface area contributed by atoms with Crippen LogP contribution in [0.2, 0.25) is 0 Å². The summed E-state index contributed by atoms with van der Waals surface area (Å²) in [6.45, 7) is 6.96. The minimum absolute atomic E-state index is 0.0293. The van der Waals surface area contributed by atoms with Crippen molar-refractivity contribution in [3.63, 3.8) is 0 Å². The second-order valence-corrected chi connectivity index (χ2v) is 23.8. The fraction of sp³-hybridized carbons (Fsp3) is 0.508. The van der Waals surface area contributed by atoms with Gasteiger partial charge >= 0.3 is 5.97 Å². The average molecular weight is 1240 g/mol. The number of hydrogen-bond donors (Lipinski definition) is 13. The highest BCUT2D eigenvalue weighted by molar-refractivity contribution is 7.98. The van der Waals surface area contributed by atoms with E-state index in [1.807, 2.05) is 0 Å². The van der Waals surface area contributed by atoms with Gasteiger partial charge in [0.2, 0.25) is 65.0 Å². The van der Waals surface area contributed by atoms with Crippen molar-refractivity contribution in [3.8, 4) is 5.75 Å². The number of amides is 11. The largest absolute Gasteiger partial charge is 0.508 e. The zero-order chi connectivity index (χ0) is 64.6. The molecule has 2 aliphatic rings. The fourth-order valence-electron chi connectivity index (χ4n) is 10.2. The Kier molecular flexibility index (Phi) is 27.6. The lowest BCUT2D eigenvalue weighted by atomic mass is 9.99. The Morgan fingerprint density at radius 3 is 1.50 bits per heavy atom. The summed E-state index contributed by atoms with van der Waals surface area (Å²) < 4.78 is 0. The minimum Gasteiger partial charge on any atom is -0.508 e. The van der Waals surface area contributed by atoms with Crippen LogP contribution in [0, 0.1) is 11.8 Å². The van der Waals surface area contributed by atoms with Crippen molar-refractivity contribution in [1.29, 1.82) is 0 Å². The number of aromatic hydroxyl groups is 1. The first-order chi connectivity index (χ1) is 41.9. The van der Waals surface area contributed by atoms with Gasteiger partial charge in [0.25, 0.3) is 0 Å².